The van der Waals surface area contributed by atoms with E-state index in [1.165, 1.54) is 6.26 Å². The molecule has 1 aromatic rings. The van der Waals surface area contributed by atoms with Gasteiger partial charge >= 0.3 is 0 Å². The van der Waals surface area contributed by atoms with E-state index < -0.39 is 15.2 Å². The second-order valence-electron chi connectivity index (χ2n) is 4.91. The van der Waals surface area contributed by atoms with E-state index in [-0.39, 0.29) is 0 Å². The Hall–Kier alpha value is -0.950. The highest BCUT2D eigenvalue weighted by Gasteiger charge is 2.31. The van der Waals surface area contributed by atoms with Crippen molar-refractivity contribution in [2.75, 3.05) is 41.1 Å². The molecule has 20 heavy (non-hydrogen) atoms. The van der Waals surface area contributed by atoms with Crippen molar-refractivity contribution in [3.05, 3.63) is 18.5 Å². The minimum Gasteiger partial charge on any atom is -0.384 e. The van der Waals surface area contributed by atoms with E-state index in [1.807, 2.05) is 11.0 Å². The predicted octanol–water partition coefficient (Wildman–Crippen LogP) is 1.83. The zero-order chi connectivity index (χ0) is 14.6. The lowest BCUT2D eigenvalue weighted by Crippen LogP contribution is -2.47. The van der Waals surface area contributed by atoms with E-state index in [0.29, 0.717) is 5.75 Å². The molecule has 5 nitrogen and oxygen atoms in total. The highest BCUT2D eigenvalue weighted by atomic mass is 32.2. The lowest BCUT2D eigenvalue weighted by atomic mass is 10.3. The van der Waals surface area contributed by atoms with E-state index in [4.69, 9.17) is 0 Å². The Morgan fingerprint density at radius 3 is 3.00 bits per heavy atom. The summed E-state index contributed by atoms with van der Waals surface area (Å²) in [6, 6.07) is 1.98. The van der Waals surface area contributed by atoms with Gasteiger partial charge in [-0.25, -0.2) is 8.42 Å². The van der Waals surface area contributed by atoms with E-state index >= 15 is 0 Å². The first-order valence-electron chi connectivity index (χ1n) is 6.74. The average Bonchev–Trinajstić information content (AvgIpc) is 2.44. The number of rotatable bonds is 5. The van der Waals surface area contributed by atoms with E-state index in [9.17, 15) is 8.42 Å². The number of nitrogens with zero attached hydrogens (tertiary/aromatic N) is 2. The maximum Gasteiger partial charge on any atom is 0.169 e. The van der Waals surface area contributed by atoms with Crippen molar-refractivity contribution < 1.29 is 8.42 Å². The number of hydrogen-bond acceptors (Lipinski definition) is 6. The quantitative estimate of drug-likeness (QED) is 0.894. The molecule has 1 unspecified atom stereocenters. The van der Waals surface area contributed by atoms with Gasteiger partial charge in [-0.05, 0) is 12.5 Å². The number of anilines is 2. The van der Waals surface area contributed by atoms with Crippen LogP contribution in [0.4, 0.5) is 11.4 Å². The third-order valence-corrected chi connectivity index (χ3v) is 5.86. The molecule has 0 saturated carbocycles. The summed E-state index contributed by atoms with van der Waals surface area (Å²) in [5, 5.41) is 2.83. The summed E-state index contributed by atoms with van der Waals surface area (Å²) >= 11 is 1.69. The van der Waals surface area contributed by atoms with Crippen LogP contribution in [0, 0.1) is 0 Å². The molecule has 2 rings (SSSR count). The van der Waals surface area contributed by atoms with Crippen molar-refractivity contribution in [3.8, 4) is 0 Å². The van der Waals surface area contributed by atoms with Crippen molar-refractivity contribution in [1.82, 2.24) is 4.98 Å². The molecule has 0 bridgehead atoms. The minimum atomic E-state index is -3.10. The Morgan fingerprint density at radius 1 is 1.50 bits per heavy atom. The summed E-state index contributed by atoms with van der Waals surface area (Å²) in [5.41, 5.74) is 1.82. The van der Waals surface area contributed by atoms with Crippen LogP contribution in [-0.2, 0) is 9.84 Å². The molecule has 1 fully saturated rings. The Bertz CT molecular complexity index is 548. The van der Waals surface area contributed by atoms with Gasteiger partial charge in [0.25, 0.3) is 0 Å². The molecule has 1 aromatic heterocycles. The second-order valence-corrected chi connectivity index (χ2v) is 8.26. The summed E-state index contributed by atoms with van der Waals surface area (Å²) in [5.74, 6) is 1.56. The summed E-state index contributed by atoms with van der Waals surface area (Å²) in [6.07, 6.45) is 5.86. The monoisotopic (exact) mass is 315 g/mol. The highest BCUT2D eigenvalue weighted by Crippen LogP contribution is 2.27. The van der Waals surface area contributed by atoms with Gasteiger partial charge in [0.05, 0.1) is 23.8 Å². The lowest BCUT2D eigenvalue weighted by Gasteiger charge is -2.35. The van der Waals surface area contributed by atoms with Crippen LogP contribution in [0.25, 0.3) is 0 Å². The van der Waals surface area contributed by atoms with Crippen LogP contribution < -0.4 is 10.2 Å². The molecule has 1 saturated heterocycles. The number of hydrogen-bond donors (Lipinski definition) is 1. The van der Waals surface area contributed by atoms with Crippen LogP contribution in [0.2, 0.25) is 0 Å². The molecule has 1 atom stereocenters. The maximum atomic E-state index is 11.9. The molecule has 0 aromatic carbocycles. The maximum absolute atomic E-state index is 11.9. The van der Waals surface area contributed by atoms with Gasteiger partial charge in [-0.15, -0.1) is 0 Å². The summed E-state index contributed by atoms with van der Waals surface area (Å²) < 4.78 is 23.9. The topological polar surface area (TPSA) is 62.3 Å². The van der Waals surface area contributed by atoms with Crippen LogP contribution >= 0.6 is 11.8 Å². The first-order valence-corrected chi connectivity index (χ1v) is 9.85. The normalized spacial score (nSPS) is 19.9. The van der Waals surface area contributed by atoms with Gasteiger partial charge in [-0.3, -0.25) is 4.98 Å². The molecular weight excluding hydrogens is 294 g/mol. The largest absolute Gasteiger partial charge is 0.384 e. The van der Waals surface area contributed by atoms with Gasteiger partial charge in [0.2, 0.25) is 0 Å². The average molecular weight is 315 g/mol. The molecule has 7 heteroatoms. The van der Waals surface area contributed by atoms with Crippen LogP contribution in [-0.4, -0.2) is 49.6 Å². The van der Waals surface area contributed by atoms with Crippen LogP contribution in [0.5, 0.6) is 0 Å². The molecule has 0 spiro atoms. The Labute approximate surface area is 125 Å². The Balaban J connectivity index is 2.24. The fourth-order valence-electron chi connectivity index (χ4n) is 2.18. The molecule has 112 valence electrons. The van der Waals surface area contributed by atoms with Gasteiger partial charge in [0.1, 0.15) is 5.37 Å². The van der Waals surface area contributed by atoms with Gasteiger partial charge in [0, 0.05) is 30.9 Å². The SMILES string of the molecule is CCCNc1cncc(N2CCSCC2S(C)(=O)=O)c1. The molecule has 0 radical (unpaired) electrons. The molecule has 2 heterocycles. The molecule has 1 aliphatic rings. The third kappa shape index (κ3) is 3.79. The molecular formula is C13H21N3O2S2. The first-order chi connectivity index (χ1) is 9.52. The predicted molar refractivity (Wildman–Crippen MR) is 86.3 cm³/mol. The fraction of sp³-hybridized carbons (Fsp3) is 0.615. The van der Waals surface area contributed by atoms with Crippen LogP contribution in [0.1, 0.15) is 13.3 Å². The number of sulfone groups is 1. The minimum absolute atomic E-state index is 0.454. The summed E-state index contributed by atoms with van der Waals surface area (Å²) in [6.45, 7) is 3.73. The van der Waals surface area contributed by atoms with Gasteiger partial charge in [0.15, 0.2) is 9.84 Å². The second kappa shape index (κ2) is 6.67. The standard InChI is InChI=1S/C13H21N3O2S2/c1-3-4-15-11-7-12(9-14-8-11)16-5-6-19-10-13(16)20(2,17)18/h7-9,13,15H,3-6,10H2,1-2H3. The fourth-order valence-corrected chi connectivity index (χ4v) is 5.02. The Morgan fingerprint density at radius 2 is 2.30 bits per heavy atom. The van der Waals surface area contributed by atoms with Crippen molar-refractivity contribution in [2.45, 2.75) is 18.7 Å². The number of aromatic nitrogens is 1. The van der Waals surface area contributed by atoms with Crippen molar-refractivity contribution >= 4 is 33.0 Å². The number of thioether (sulfide) groups is 1. The molecule has 0 amide bonds. The summed E-state index contributed by atoms with van der Waals surface area (Å²) in [4.78, 5) is 6.18. The van der Waals surface area contributed by atoms with Crippen LogP contribution in [0.3, 0.4) is 0 Å². The molecule has 0 aliphatic carbocycles. The summed E-state index contributed by atoms with van der Waals surface area (Å²) in [7, 11) is -3.10. The number of pyridine rings is 1. The van der Waals surface area contributed by atoms with E-state index in [0.717, 1.165) is 36.6 Å². The zero-order valence-corrected chi connectivity index (χ0v) is 13.5. The zero-order valence-electron chi connectivity index (χ0n) is 11.9. The van der Waals surface area contributed by atoms with Gasteiger partial charge in [-0.2, -0.15) is 11.8 Å². The van der Waals surface area contributed by atoms with Crippen molar-refractivity contribution in [2.24, 2.45) is 0 Å². The molecule has 1 aliphatic heterocycles. The van der Waals surface area contributed by atoms with E-state index in [1.54, 1.807) is 24.2 Å². The lowest BCUT2D eigenvalue weighted by molar-refractivity contribution is 0.584. The first kappa shape index (κ1) is 15.4. The van der Waals surface area contributed by atoms with Gasteiger partial charge in [-0.1, -0.05) is 6.92 Å². The number of nitrogens with one attached hydrogen (secondary N) is 1. The third-order valence-electron chi connectivity index (χ3n) is 3.21. The van der Waals surface area contributed by atoms with Gasteiger partial charge < -0.3 is 10.2 Å². The molecule has 1 N–H and O–H groups in total. The van der Waals surface area contributed by atoms with E-state index in [2.05, 4.69) is 17.2 Å². The smallest absolute Gasteiger partial charge is 0.169 e. The van der Waals surface area contributed by atoms with Crippen LogP contribution in [0.15, 0.2) is 18.5 Å². The Kier molecular flexibility index (Phi) is 5.15. The highest BCUT2D eigenvalue weighted by molar-refractivity contribution is 8.01. The van der Waals surface area contributed by atoms with Crippen molar-refractivity contribution in [1.29, 1.82) is 0 Å². The van der Waals surface area contributed by atoms with Crippen molar-refractivity contribution in [3.63, 3.8) is 0 Å².